The highest BCUT2D eigenvalue weighted by atomic mass is 16.5. The van der Waals surface area contributed by atoms with Crippen LogP contribution in [-0.4, -0.2) is 68.7 Å². The van der Waals surface area contributed by atoms with Gasteiger partial charge in [-0.1, -0.05) is 77.0 Å². The SMILES string of the molecule is O=CCOCCOCCNC(=O)CCCNC(=O)CCCCCCCCCCCCCCCCC(=O)O. The maximum atomic E-state index is 11.9. The molecule has 0 rings (SSSR count). The molecule has 0 spiro atoms. The molecule has 0 aliphatic carbocycles. The van der Waals surface area contributed by atoms with Crippen molar-refractivity contribution in [2.45, 2.75) is 116 Å². The molecule has 0 aliphatic rings. The van der Waals surface area contributed by atoms with Crippen molar-refractivity contribution in [1.82, 2.24) is 10.6 Å². The van der Waals surface area contributed by atoms with Gasteiger partial charge in [-0.25, -0.2) is 0 Å². The average molecular weight is 529 g/mol. The Bertz CT molecular complexity index is 573. The smallest absolute Gasteiger partial charge is 0.303 e. The van der Waals surface area contributed by atoms with Crippen LogP contribution in [-0.2, 0) is 28.7 Å². The minimum absolute atomic E-state index is 0.0555. The van der Waals surface area contributed by atoms with Gasteiger partial charge in [0.15, 0.2) is 0 Å². The summed E-state index contributed by atoms with van der Waals surface area (Å²) in [6, 6.07) is 0. The number of ether oxygens (including phenoxy) is 2. The Labute approximate surface area is 223 Å². The van der Waals surface area contributed by atoms with Crippen molar-refractivity contribution in [1.29, 1.82) is 0 Å². The van der Waals surface area contributed by atoms with Crippen LogP contribution in [0.15, 0.2) is 0 Å². The number of amides is 2. The third-order valence-corrected chi connectivity index (χ3v) is 6.07. The number of carbonyl (C=O) groups is 4. The maximum Gasteiger partial charge on any atom is 0.303 e. The Balaban J connectivity index is 3.27. The van der Waals surface area contributed by atoms with Crippen molar-refractivity contribution in [3.63, 3.8) is 0 Å². The molecule has 0 heterocycles. The molecule has 0 fully saturated rings. The molecule has 0 radical (unpaired) electrons. The van der Waals surface area contributed by atoms with Crippen molar-refractivity contribution in [3.8, 4) is 0 Å². The number of rotatable bonds is 29. The number of unbranched alkanes of at least 4 members (excludes halogenated alkanes) is 13. The van der Waals surface area contributed by atoms with Gasteiger partial charge in [0, 0.05) is 32.4 Å². The number of hydrogen-bond donors (Lipinski definition) is 3. The largest absolute Gasteiger partial charge is 0.481 e. The predicted octanol–water partition coefficient (Wildman–Crippen LogP) is 4.56. The van der Waals surface area contributed by atoms with Gasteiger partial charge in [0.25, 0.3) is 0 Å². The topological polar surface area (TPSA) is 131 Å². The molecule has 0 aliphatic heterocycles. The van der Waals surface area contributed by atoms with E-state index < -0.39 is 5.97 Å². The van der Waals surface area contributed by atoms with Crippen LogP contribution < -0.4 is 10.6 Å². The highest BCUT2D eigenvalue weighted by Crippen LogP contribution is 2.13. The fourth-order valence-corrected chi connectivity index (χ4v) is 3.95. The third-order valence-electron chi connectivity index (χ3n) is 6.07. The van der Waals surface area contributed by atoms with Crippen LogP contribution in [0.25, 0.3) is 0 Å². The first-order valence-electron chi connectivity index (χ1n) is 14.4. The van der Waals surface area contributed by atoms with Crippen LogP contribution in [0.1, 0.15) is 116 Å². The zero-order chi connectivity index (χ0) is 27.2. The van der Waals surface area contributed by atoms with Crippen LogP contribution in [0.3, 0.4) is 0 Å². The molecule has 0 atom stereocenters. The summed E-state index contributed by atoms with van der Waals surface area (Å²) in [5.74, 6) is -0.680. The van der Waals surface area contributed by atoms with Gasteiger partial charge in [0.05, 0.1) is 19.8 Å². The van der Waals surface area contributed by atoms with E-state index in [9.17, 15) is 19.2 Å². The second-order valence-corrected chi connectivity index (χ2v) is 9.50. The van der Waals surface area contributed by atoms with E-state index in [4.69, 9.17) is 14.6 Å². The van der Waals surface area contributed by atoms with Crippen LogP contribution >= 0.6 is 0 Å². The van der Waals surface area contributed by atoms with Crippen molar-refractivity contribution >= 4 is 24.1 Å². The van der Waals surface area contributed by atoms with Gasteiger partial charge in [0.2, 0.25) is 11.8 Å². The molecule has 0 aromatic rings. The molecule has 2 amide bonds. The maximum absolute atomic E-state index is 11.9. The Morgan fingerprint density at radius 2 is 0.973 bits per heavy atom. The summed E-state index contributed by atoms with van der Waals surface area (Å²) in [4.78, 5) is 44.2. The van der Waals surface area contributed by atoms with E-state index in [1.807, 2.05) is 0 Å². The molecular formula is C28H52N2O7. The molecule has 0 aromatic heterocycles. The first kappa shape index (κ1) is 35.0. The Morgan fingerprint density at radius 1 is 0.541 bits per heavy atom. The number of nitrogens with one attached hydrogen (secondary N) is 2. The molecule has 0 unspecified atom stereocenters. The molecule has 216 valence electrons. The van der Waals surface area contributed by atoms with Crippen molar-refractivity contribution < 1.29 is 33.8 Å². The Morgan fingerprint density at radius 3 is 1.49 bits per heavy atom. The van der Waals surface area contributed by atoms with E-state index >= 15 is 0 Å². The summed E-state index contributed by atoms with van der Waals surface area (Å²) >= 11 is 0. The van der Waals surface area contributed by atoms with Gasteiger partial charge in [-0.2, -0.15) is 0 Å². The molecule has 0 saturated carbocycles. The zero-order valence-corrected chi connectivity index (χ0v) is 22.9. The second-order valence-electron chi connectivity index (χ2n) is 9.50. The highest BCUT2D eigenvalue weighted by molar-refractivity contribution is 5.77. The predicted molar refractivity (Wildman–Crippen MR) is 144 cm³/mol. The molecular weight excluding hydrogens is 476 g/mol. The third kappa shape index (κ3) is 30.1. The van der Waals surface area contributed by atoms with Gasteiger partial charge >= 0.3 is 5.97 Å². The van der Waals surface area contributed by atoms with Gasteiger partial charge in [-0.3, -0.25) is 14.4 Å². The van der Waals surface area contributed by atoms with Gasteiger partial charge < -0.3 is 30.0 Å². The Hall–Kier alpha value is -2.00. The fraction of sp³-hybridized carbons (Fsp3) is 0.857. The molecule has 37 heavy (non-hydrogen) atoms. The van der Waals surface area contributed by atoms with E-state index in [-0.39, 0.29) is 18.4 Å². The van der Waals surface area contributed by atoms with E-state index in [2.05, 4.69) is 10.6 Å². The van der Waals surface area contributed by atoms with E-state index in [1.54, 1.807) is 0 Å². The second kappa shape index (κ2) is 28.6. The summed E-state index contributed by atoms with van der Waals surface area (Å²) in [7, 11) is 0. The average Bonchev–Trinajstić information content (AvgIpc) is 2.87. The molecule has 0 saturated heterocycles. The highest BCUT2D eigenvalue weighted by Gasteiger charge is 2.04. The normalized spacial score (nSPS) is 10.8. The Kier molecular flexibility index (Phi) is 27.0. The molecule has 9 heteroatoms. The van der Waals surface area contributed by atoms with E-state index in [1.165, 1.54) is 57.8 Å². The lowest BCUT2D eigenvalue weighted by Gasteiger charge is -2.07. The summed E-state index contributed by atoms with van der Waals surface area (Å²) in [6.07, 6.45) is 18.9. The number of hydrogen-bond acceptors (Lipinski definition) is 6. The van der Waals surface area contributed by atoms with Gasteiger partial charge in [0.1, 0.15) is 12.9 Å². The van der Waals surface area contributed by atoms with Crippen LogP contribution in [0.2, 0.25) is 0 Å². The monoisotopic (exact) mass is 528 g/mol. The van der Waals surface area contributed by atoms with Crippen LogP contribution in [0.5, 0.6) is 0 Å². The molecule has 0 bridgehead atoms. The van der Waals surface area contributed by atoms with E-state index in [0.29, 0.717) is 64.9 Å². The number of carbonyl (C=O) groups excluding carboxylic acids is 3. The number of aldehydes is 1. The number of carboxylic acid groups (broad SMARTS) is 1. The lowest BCUT2D eigenvalue weighted by Crippen LogP contribution is -2.29. The summed E-state index contributed by atoms with van der Waals surface area (Å²) in [5.41, 5.74) is 0. The first-order chi connectivity index (χ1) is 18.1. The summed E-state index contributed by atoms with van der Waals surface area (Å²) in [6.45, 7) is 2.15. The number of carboxylic acids is 1. The number of aliphatic carboxylic acids is 1. The van der Waals surface area contributed by atoms with Crippen LogP contribution in [0.4, 0.5) is 0 Å². The van der Waals surface area contributed by atoms with Crippen molar-refractivity contribution in [3.05, 3.63) is 0 Å². The summed E-state index contributed by atoms with van der Waals surface area (Å²) < 4.78 is 10.2. The van der Waals surface area contributed by atoms with Crippen LogP contribution in [0, 0.1) is 0 Å². The van der Waals surface area contributed by atoms with Crippen molar-refractivity contribution in [2.75, 3.05) is 39.5 Å². The molecule has 9 nitrogen and oxygen atoms in total. The first-order valence-corrected chi connectivity index (χ1v) is 14.4. The van der Waals surface area contributed by atoms with Gasteiger partial charge in [-0.05, 0) is 19.3 Å². The minimum Gasteiger partial charge on any atom is -0.481 e. The fourth-order valence-electron chi connectivity index (χ4n) is 3.95. The quantitative estimate of drug-likeness (QED) is 0.0958. The summed E-state index contributed by atoms with van der Waals surface area (Å²) in [5, 5.41) is 14.3. The zero-order valence-electron chi connectivity index (χ0n) is 22.9. The standard InChI is InChI=1S/C28H52N2O7/c31-21-23-37-25-24-36-22-20-30-27(33)17-15-19-29-26(32)16-13-11-9-7-5-3-1-2-4-6-8-10-12-14-18-28(34)35/h21H,1-20,22-25H2,(H,29,32)(H,30,33)(H,34,35). The van der Waals surface area contributed by atoms with E-state index in [0.717, 1.165) is 32.1 Å². The lowest BCUT2D eigenvalue weighted by molar-refractivity contribution is -0.137. The molecule has 3 N–H and O–H groups in total. The minimum atomic E-state index is -0.687. The molecule has 0 aromatic carbocycles. The lowest BCUT2D eigenvalue weighted by atomic mass is 10.0. The van der Waals surface area contributed by atoms with Crippen molar-refractivity contribution in [2.24, 2.45) is 0 Å². The van der Waals surface area contributed by atoms with Gasteiger partial charge in [-0.15, -0.1) is 0 Å².